The SMILES string of the molecule is CCC1CCC(N)(Cc2nccs2)C1. The summed E-state index contributed by atoms with van der Waals surface area (Å²) in [6, 6.07) is 0. The van der Waals surface area contributed by atoms with Crippen molar-refractivity contribution in [3.63, 3.8) is 0 Å². The van der Waals surface area contributed by atoms with E-state index in [1.54, 1.807) is 11.3 Å². The van der Waals surface area contributed by atoms with E-state index in [1.807, 2.05) is 11.6 Å². The molecule has 3 heteroatoms. The Bertz CT molecular complexity index is 283. The molecule has 1 fully saturated rings. The first-order chi connectivity index (χ1) is 6.72. The van der Waals surface area contributed by atoms with Crippen LogP contribution in [0.4, 0.5) is 0 Å². The van der Waals surface area contributed by atoms with Gasteiger partial charge in [-0.3, -0.25) is 0 Å². The Morgan fingerprint density at radius 2 is 2.57 bits per heavy atom. The van der Waals surface area contributed by atoms with Gasteiger partial charge in [-0.25, -0.2) is 4.98 Å². The molecule has 0 aliphatic heterocycles. The van der Waals surface area contributed by atoms with Gasteiger partial charge in [0, 0.05) is 23.5 Å². The molecule has 0 saturated heterocycles. The minimum absolute atomic E-state index is 0.0402. The maximum Gasteiger partial charge on any atom is 0.0943 e. The van der Waals surface area contributed by atoms with Gasteiger partial charge in [0.2, 0.25) is 0 Å². The molecule has 2 rings (SSSR count). The molecule has 78 valence electrons. The number of hydrogen-bond donors (Lipinski definition) is 1. The third-order valence-electron chi connectivity index (χ3n) is 3.31. The molecule has 1 saturated carbocycles. The lowest BCUT2D eigenvalue weighted by molar-refractivity contribution is 0.406. The van der Waals surface area contributed by atoms with Crippen LogP contribution in [0.2, 0.25) is 0 Å². The van der Waals surface area contributed by atoms with Gasteiger partial charge in [0.05, 0.1) is 5.01 Å². The molecule has 0 bridgehead atoms. The Hall–Kier alpha value is -0.410. The van der Waals surface area contributed by atoms with E-state index < -0.39 is 0 Å². The van der Waals surface area contributed by atoms with Crippen LogP contribution < -0.4 is 5.73 Å². The predicted octanol–water partition coefficient (Wildman–Crippen LogP) is 2.59. The molecular formula is C11H18N2S. The molecule has 1 aromatic rings. The molecule has 1 aliphatic rings. The number of nitrogens with two attached hydrogens (primary N) is 1. The highest BCUT2D eigenvalue weighted by Gasteiger charge is 2.35. The fourth-order valence-corrected chi connectivity index (χ4v) is 3.19. The van der Waals surface area contributed by atoms with E-state index in [0.29, 0.717) is 0 Å². The molecule has 0 radical (unpaired) electrons. The van der Waals surface area contributed by atoms with Crippen LogP contribution in [-0.4, -0.2) is 10.5 Å². The van der Waals surface area contributed by atoms with Crippen LogP contribution in [0.3, 0.4) is 0 Å². The van der Waals surface area contributed by atoms with Crippen molar-refractivity contribution in [1.82, 2.24) is 4.98 Å². The molecule has 0 amide bonds. The number of thiazole rings is 1. The average molecular weight is 210 g/mol. The van der Waals surface area contributed by atoms with Gasteiger partial charge in [-0.05, 0) is 25.2 Å². The summed E-state index contributed by atoms with van der Waals surface area (Å²) in [7, 11) is 0. The smallest absolute Gasteiger partial charge is 0.0943 e. The van der Waals surface area contributed by atoms with Gasteiger partial charge in [-0.15, -0.1) is 11.3 Å². The molecule has 2 atom stereocenters. The lowest BCUT2D eigenvalue weighted by atomic mass is 9.93. The van der Waals surface area contributed by atoms with Gasteiger partial charge in [0.25, 0.3) is 0 Å². The van der Waals surface area contributed by atoms with Crippen molar-refractivity contribution >= 4 is 11.3 Å². The highest BCUT2D eigenvalue weighted by atomic mass is 32.1. The van der Waals surface area contributed by atoms with E-state index in [9.17, 15) is 0 Å². The molecule has 14 heavy (non-hydrogen) atoms. The number of aromatic nitrogens is 1. The van der Waals surface area contributed by atoms with Crippen molar-refractivity contribution in [3.05, 3.63) is 16.6 Å². The van der Waals surface area contributed by atoms with Crippen LogP contribution in [0.25, 0.3) is 0 Å². The zero-order chi connectivity index (χ0) is 10.0. The number of rotatable bonds is 3. The summed E-state index contributed by atoms with van der Waals surface area (Å²) in [5, 5.41) is 3.23. The van der Waals surface area contributed by atoms with Crippen molar-refractivity contribution in [1.29, 1.82) is 0 Å². The zero-order valence-corrected chi connectivity index (χ0v) is 9.52. The van der Waals surface area contributed by atoms with Crippen molar-refractivity contribution < 1.29 is 0 Å². The van der Waals surface area contributed by atoms with Crippen LogP contribution in [0, 0.1) is 5.92 Å². The quantitative estimate of drug-likeness (QED) is 0.833. The largest absolute Gasteiger partial charge is 0.325 e. The van der Waals surface area contributed by atoms with Crippen molar-refractivity contribution in [2.24, 2.45) is 11.7 Å². The standard InChI is InChI=1S/C11H18N2S/c1-2-9-3-4-11(12,7-9)8-10-13-5-6-14-10/h5-6,9H,2-4,7-8,12H2,1H3. The van der Waals surface area contributed by atoms with Crippen LogP contribution >= 0.6 is 11.3 Å². The van der Waals surface area contributed by atoms with E-state index in [1.165, 1.54) is 30.7 Å². The summed E-state index contributed by atoms with van der Waals surface area (Å²) in [5.41, 5.74) is 6.42. The van der Waals surface area contributed by atoms with Gasteiger partial charge in [0.1, 0.15) is 0 Å². The molecule has 2 nitrogen and oxygen atoms in total. The Morgan fingerprint density at radius 1 is 1.71 bits per heavy atom. The Balaban J connectivity index is 1.97. The first-order valence-electron chi connectivity index (χ1n) is 5.39. The first-order valence-corrected chi connectivity index (χ1v) is 6.27. The summed E-state index contributed by atoms with van der Waals surface area (Å²) < 4.78 is 0. The van der Waals surface area contributed by atoms with Crippen molar-refractivity contribution in [2.75, 3.05) is 0 Å². The fraction of sp³-hybridized carbons (Fsp3) is 0.727. The van der Waals surface area contributed by atoms with Crippen LogP contribution in [0.15, 0.2) is 11.6 Å². The normalized spacial score (nSPS) is 32.3. The molecule has 0 spiro atoms. The van der Waals surface area contributed by atoms with Gasteiger partial charge in [-0.1, -0.05) is 13.3 Å². The van der Waals surface area contributed by atoms with Crippen LogP contribution in [0.1, 0.15) is 37.6 Å². The Kier molecular flexibility index (Phi) is 2.88. The van der Waals surface area contributed by atoms with E-state index in [4.69, 9.17) is 5.73 Å². The van der Waals surface area contributed by atoms with E-state index in [-0.39, 0.29) is 5.54 Å². The number of nitrogens with zero attached hydrogens (tertiary/aromatic N) is 1. The second kappa shape index (κ2) is 3.99. The molecule has 0 aromatic carbocycles. The summed E-state index contributed by atoms with van der Waals surface area (Å²) in [5.74, 6) is 0.847. The maximum absolute atomic E-state index is 6.38. The third kappa shape index (κ3) is 2.15. The molecule has 2 unspecified atom stereocenters. The van der Waals surface area contributed by atoms with Gasteiger partial charge in [0.15, 0.2) is 0 Å². The maximum atomic E-state index is 6.38. The second-order valence-corrected chi connectivity index (χ2v) is 5.46. The summed E-state index contributed by atoms with van der Waals surface area (Å²) in [6.45, 7) is 2.26. The molecule has 1 heterocycles. The highest BCUT2D eigenvalue weighted by Crippen LogP contribution is 2.36. The lowest BCUT2D eigenvalue weighted by Crippen LogP contribution is -2.39. The minimum atomic E-state index is 0.0402. The Labute approximate surface area is 89.5 Å². The van der Waals surface area contributed by atoms with Crippen molar-refractivity contribution in [2.45, 2.75) is 44.6 Å². The summed E-state index contributed by atoms with van der Waals surface area (Å²) in [6.07, 6.45) is 7.78. The van der Waals surface area contributed by atoms with E-state index in [0.717, 1.165) is 12.3 Å². The zero-order valence-electron chi connectivity index (χ0n) is 8.70. The molecule has 1 aliphatic carbocycles. The topological polar surface area (TPSA) is 38.9 Å². The highest BCUT2D eigenvalue weighted by molar-refractivity contribution is 7.09. The first kappa shape index (κ1) is 10.1. The van der Waals surface area contributed by atoms with Crippen LogP contribution in [0.5, 0.6) is 0 Å². The molecule has 2 N–H and O–H groups in total. The number of hydrogen-bond acceptors (Lipinski definition) is 3. The Morgan fingerprint density at radius 3 is 3.14 bits per heavy atom. The van der Waals surface area contributed by atoms with E-state index >= 15 is 0 Å². The third-order valence-corrected chi connectivity index (χ3v) is 4.09. The summed E-state index contributed by atoms with van der Waals surface area (Å²) in [4.78, 5) is 4.31. The van der Waals surface area contributed by atoms with Crippen molar-refractivity contribution in [3.8, 4) is 0 Å². The molecular weight excluding hydrogens is 192 g/mol. The fourth-order valence-electron chi connectivity index (χ4n) is 2.42. The average Bonchev–Trinajstić information content (AvgIpc) is 2.76. The van der Waals surface area contributed by atoms with Gasteiger partial charge < -0.3 is 5.73 Å². The molecule has 1 aromatic heterocycles. The monoisotopic (exact) mass is 210 g/mol. The van der Waals surface area contributed by atoms with Crippen LogP contribution in [-0.2, 0) is 6.42 Å². The second-order valence-electron chi connectivity index (χ2n) is 4.48. The lowest BCUT2D eigenvalue weighted by Gasteiger charge is -2.22. The van der Waals surface area contributed by atoms with E-state index in [2.05, 4.69) is 11.9 Å². The summed E-state index contributed by atoms with van der Waals surface area (Å²) >= 11 is 1.73. The van der Waals surface area contributed by atoms with Gasteiger partial charge in [-0.2, -0.15) is 0 Å². The predicted molar refractivity (Wildman–Crippen MR) is 60.4 cm³/mol. The minimum Gasteiger partial charge on any atom is -0.325 e. The van der Waals surface area contributed by atoms with Gasteiger partial charge >= 0.3 is 0 Å².